The van der Waals surface area contributed by atoms with Crippen LogP contribution in [-0.2, 0) is 12.0 Å². The summed E-state index contributed by atoms with van der Waals surface area (Å²) in [5.74, 6) is 1.02. The fraction of sp³-hybridized carbons (Fsp3) is 0.545. The molecule has 7 heteroatoms. The Bertz CT molecular complexity index is 767. The topological polar surface area (TPSA) is 56.9 Å². The highest BCUT2D eigenvalue weighted by atomic mass is 127. The summed E-state index contributed by atoms with van der Waals surface area (Å²) in [6, 6.07) is 10.6. The van der Waals surface area contributed by atoms with Crippen molar-refractivity contribution in [2.75, 3.05) is 39.3 Å². The van der Waals surface area contributed by atoms with Gasteiger partial charge in [0.2, 0.25) is 0 Å². The third kappa shape index (κ3) is 6.44. The van der Waals surface area contributed by atoms with E-state index in [0.29, 0.717) is 0 Å². The van der Waals surface area contributed by atoms with Crippen LogP contribution in [0.4, 0.5) is 0 Å². The summed E-state index contributed by atoms with van der Waals surface area (Å²) in [5, 5.41) is 7.50. The number of halogens is 1. The van der Waals surface area contributed by atoms with E-state index in [1.807, 2.05) is 6.07 Å². The lowest BCUT2D eigenvalue weighted by Crippen LogP contribution is -2.52. The van der Waals surface area contributed by atoms with Gasteiger partial charge in [-0.15, -0.1) is 24.0 Å². The van der Waals surface area contributed by atoms with Crippen LogP contribution in [-0.4, -0.2) is 60.2 Å². The first kappa shape index (κ1) is 23.7. The molecule has 1 aliphatic rings. The normalized spacial score (nSPS) is 15.9. The minimum absolute atomic E-state index is 0. The molecule has 0 amide bonds. The van der Waals surface area contributed by atoms with E-state index in [9.17, 15) is 0 Å². The molecule has 0 bridgehead atoms. The number of hydrogen-bond donors (Lipinski definition) is 1. The van der Waals surface area contributed by atoms with Gasteiger partial charge >= 0.3 is 0 Å². The van der Waals surface area contributed by atoms with E-state index in [0.717, 1.165) is 57.5 Å². The van der Waals surface area contributed by atoms with Crippen LogP contribution in [0.2, 0.25) is 0 Å². The molecule has 29 heavy (non-hydrogen) atoms. The summed E-state index contributed by atoms with van der Waals surface area (Å²) in [4.78, 5) is 9.80. The molecule has 0 spiro atoms. The second-order valence-electron chi connectivity index (χ2n) is 8.12. The minimum Gasteiger partial charge on any atom is -0.364 e. The third-order valence-corrected chi connectivity index (χ3v) is 5.38. The molecule has 160 valence electrons. The summed E-state index contributed by atoms with van der Waals surface area (Å²) in [5.41, 5.74) is 3.69. The number of nitrogens with zero attached hydrogens (tertiary/aromatic N) is 4. The highest BCUT2D eigenvalue weighted by Gasteiger charge is 2.24. The van der Waals surface area contributed by atoms with Crippen molar-refractivity contribution in [1.82, 2.24) is 20.3 Å². The van der Waals surface area contributed by atoms with Gasteiger partial charge in [-0.1, -0.05) is 43.3 Å². The molecule has 1 aromatic carbocycles. The predicted molar refractivity (Wildman–Crippen MR) is 129 cm³/mol. The molecule has 3 rings (SSSR count). The quantitative estimate of drug-likeness (QED) is 0.365. The van der Waals surface area contributed by atoms with Gasteiger partial charge in [0.25, 0.3) is 0 Å². The summed E-state index contributed by atoms with van der Waals surface area (Å²) >= 11 is 0. The zero-order chi connectivity index (χ0) is 20.0. The van der Waals surface area contributed by atoms with Crippen LogP contribution in [0.3, 0.4) is 0 Å². The number of aliphatic imine (C=N–C) groups is 1. The third-order valence-electron chi connectivity index (χ3n) is 5.38. The van der Waals surface area contributed by atoms with Gasteiger partial charge in [-0.05, 0) is 25.0 Å². The molecule has 0 aliphatic carbocycles. The van der Waals surface area contributed by atoms with Crippen molar-refractivity contribution in [2.45, 2.75) is 39.7 Å². The fourth-order valence-corrected chi connectivity index (χ4v) is 3.78. The molecule has 1 fully saturated rings. The summed E-state index contributed by atoms with van der Waals surface area (Å²) < 4.78 is 4.94. The highest BCUT2D eigenvalue weighted by molar-refractivity contribution is 14.0. The number of aromatic nitrogens is 1. The van der Waals surface area contributed by atoms with E-state index in [1.165, 1.54) is 11.1 Å². The molecule has 2 heterocycles. The van der Waals surface area contributed by atoms with Crippen LogP contribution >= 0.6 is 24.0 Å². The Morgan fingerprint density at radius 2 is 1.90 bits per heavy atom. The Morgan fingerprint density at radius 3 is 2.52 bits per heavy atom. The minimum atomic E-state index is 0. The van der Waals surface area contributed by atoms with Crippen LogP contribution in [0.5, 0.6) is 0 Å². The molecular weight excluding hydrogens is 477 g/mol. The Morgan fingerprint density at radius 1 is 1.17 bits per heavy atom. The maximum atomic E-state index is 5.01. The Hall–Kier alpha value is -1.61. The van der Waals surface area contributed by atoms with Gasteiger partial charge in [0.15, 0.2) is 5.96 Å². The van der Waals surface area contributed by atoms with Crippen molar-refractivity contribution in [1.29, 1.82) is 0 Å². The van der Waals surface area contributed by atoms with E-state index in [-0.39, 0.29) is 29.4 Å². The van der Waals surface area contributed by atoms with Crippen LogP contribution in [0.15, 0.2) is 46.1 Å². The molecule has 0 unspecified atom stereocenters. The van der Waals surface area contributed by atoms with E-state index in [2.05, 4.69) is 72.2 Å². The van der Waals surface area contributed by atoms with Gasteiger partial charge < -0.3 is 14.7 Å². The van der Waals surface area contributed by atoms with Crippen LogP contribution in [0.1, 0.15) is 37.6 Å². The second-order valence-corrected chi connectivity index (χ2v) is 8.12. The molecule has 1 aliphatic heterocycles. The van der Waals surface area contributed by atoms with Gasteiger partial charge in [0.1, 0.15) is 6.26 Å². The van der Waals surface area contributed by atoms with Crippen molar-refractivity contribution >= 4 is 29.9 Å². The standard InChI is InChI=1S/C22H33N5O.HI/c1-5-23-21(24-17-22(3,4)20-9-7-6-8-18(20)2)27-13-11-26(12-14-27)16-19-10-15-28-25-19;/h6-10,15H,5,11-14,16-17H2,1-4H3,(H,23,24);1H. The van der Waals surface area contributed by atoms with E-state index in [4.69, 9.17) is 9.52 Å². The summed E-state index contributed by atoms with van der Waals surface area (Å²) in [7, 11) is 0. The monoisotopic (exact) mass is 511 g/mol. The Kier molecular flexibility index (Phi) is 8.95. The van der Waals surface area contributed by atoms with Crippen molar-refractivity contribution < 1.29 is 4.52 Å². The molecule has 1 saturated heterocycles. The van der Waals surface area contributed by atoms with Crippen LogP contribution in [0.25, 0.3) is 0 Å². The second kappa shape index (κ2) is 11.0. The molecular formula is C22H34IN5O. The summed E-state index contributed by atoms with van der Waals surface area (Å²) in [6.07, 6.45) is 1.64. The van der Waals surface area contributed by atoms with Crippen LogP contribution < -0.4 is 5.32 Å². The van der Waals surface area contributed by atoms with Gasteiger partial charge in [0.05, 0.1) is 12.2 Å². The molecule has 6 nitrogen and oxygen atoms in total. The number of hydrogen-bond acceptors (Lipinski definition) is 4. The van der Waals surface area contributed by atoms with Crippen molar-refractivity contribution in [3.05, 3.63) is 53.4 Å². The van der Waals surface area contributed by atoms with Crippen molar-refractivity contribution in [3.63, 3.8) is 0 Å². The van der Waals surface area contributed by atoms with Gasteiger partial charge in [-0.2, -0.15) is 0 Å². The smallest absolute Gasteiger partial charge is 0.194 e. The van der Waals surface area contributed by atoms with E-state index >= 15 is 0 Å². The molecule has 1 N–H and O–H groups in total. The maximum absolute atomic E-state index is 5.01. The maximum Gasteiger partial charge on any atom is 0.194 e. The summed E-state index contributed by atoms with van der Waals surface area (Å²) in [6.45, 7) is 15.3. The number of nitrogens with one attached hydrogen (secondary N) is 1. The molecule has 1 aromatic heterocycles. The van der Waals surface area contributed by atoms with Crippen molar-refractivity contribution in [3.8, 4) is 0 Å². The highest BCUT2D eigenvalue weighted by Crippen LogP contribution is 2.26. The molecule has 0 radical (unpaired) electrons. The average Bonchev–Trinajstić information content (AvgIpc) is 3.19. The largest absolute Gasteiger partial charge is 0.364 e. The number of guanidine groups is 1. The lowest BCUT2D eigenvalue weighted by atomic mass is 9.82. The number of aryl methyl sites for hydroxylation is 1. The lowest BCUT2D eigenvalue weighted by molar-refractivity contribution is 0.169. The lowest BCUT2D eigenvalue weighted by Gasteiger charge is -2.36. The first-order valence-electron chi connectivity index (χ1n) is 10.2. The molecule has 0 atom stereocenters. The zero-order valence-corrected chi connectivity index (χ0v) is 20.3. The fourth-order valence-electron chi connectivity index (χ4n) is 3.78. The van der Waals surface area contributed by atoms with Gasteiger partial charge in [0, 0.05) is 50.7 Å². The number of piperazine rings is 1. The van der Waals surface area contributed by atoms with E-state index in [1.54, 1.807) is 6.26 Å². The first-order valence-corrected chi connectivity index (χ1v) is 10.2. The molecule has 2 aromatic rings. The average molecular weight is 511 g/mol. The molecule has 0 saturated carbocycles. The predicted octanol–water partition coefficient (Wildman–Crippen LogP) is 3.66. The first-order chi connectivity index (χ1) is 13.5. The SMILES string of the molecule is CCNC(=NCC(C)(C)c1ccccc1C)N1CCN(Cc2ccon2)CC1.I. The Balaban J connectivity index is 0.00000300. The van der Waals surface area contributed by atoms with Gasteiger partial charge in [-0.25, -0.2) is 0 Å². The van der Waals surface area contributed by atoms with Crippen LogP contribution in [0, 0.1) is 6.92 Å². The van der Waals surface area contributed by atoms with Crippen molar-refractivity contribution in [2.24, 2.45) is 4.99 Å². The number of benzene rings is 1. The zero-order valence-electron chi connectivity index (χ0n) is 18.0. The Labute approximate surface area is 191 Å². The van der Waals surface area contributed by atoms with E-state index < -0.39 is 0 Å². The van der Waals surface area contributed by atoms with Gasteiger partial charge in [-0.3, -0.25) is 9.89 Å². The number of rotatable bonds is 6.